The fourth-order valence-electron chi connectivity index (χ4n) is 2.85. The summed E-state index contributed by atoms with van der Waals surface area (Å²) >= 11 is 5.94. The molecule has 4 heteroatoms. The molecular formula is C20H20ClNO2. The lowest BCUT2D eigenvalue weighted by Gasteiger charge is -2.13. The largest absolute Gasteiger partial charge is 0.407 e. The van der Waals surface area contributed by atoms with Crippen molar-refractivity contribution in [3.8, 4) is 0 Å². The summed E-state index contributed by atoms with van der Waals surface area (Å²) in [7, 11) is 0. The molecule has 0 aliphatic heterocycles. The fourth-order valence-corrected chi connectivity index (χ4v) is 3.02. The molecule has 0 saturated heterocycles. The number of rotatable bonds is 4. The van der Waals surface area contributed by atoms with Crippen LogP contribution >= 0.6 is 11.6 Å². The minimum atomic E-state index is -0.400. The maximum atomic E-state index is 12.2. The first-order valence-corrected chi connectivity index (χ1v) is 8.51. The molecule has 0 aliphatic carbocycles. The summed E-state index contributed by atoms with van der Waals surface area (Å²) in [5.74, 6) is 0.929. The molecular weight excluding hydrogens is 322 g/mol. The zero-order chi connectivity index (χ0) is 17.3. The first kappa shape index (κ1) is 16.7. The maximum Gasteiger partial charge on any atom is 0.346 e. The first-order valence-electron chi connectivity index (χ1n) is 8.13. The van der Waals surface area contributed by atoms with Gasteiger partial charge in [0.15, 0.2) is 0 Å². The zero-order valence-electron chi connectivity index (χ0n) is 14.0. The Morgan fingerprint density at radius 3 is 2.67 bits per heavy atom. The molecule has 124 valence electrons. The van der Waals surface area contributed by atoms with E-state index in [-0.39, 0.29) is 5.92 Å². The number of halogens is 1. The van der Waals surface area contributed by atoms with Gasteiger partial charge in [-0.05, 0) is 48.6 Å². The quantitative estimate of drug-likeness (QED) is 0.655. The summed E-state index contributed by atoms with van der Waals surface area (Å²) in [6.07, 6.45) is 1.02. The lowest BCUT2D eigenvalue weighted by Crippen LogP contribution is -2.08. The molecule has 0 radical (unpaired) electrons. The third-order valence-corrected chi connectivity index (χ3v) is 4.31. The van der Waals surface area contributed by atoms with E-state index in [0.717, 1.165) is 12.0 Å². The van der Waals surface area contributed by atoms with Crippen LogP contribution < -0.4 is 5.63 Å². The molecule has 2 aromatic carbocycles. The van der Waals surface area contributed by atoms with Crippen LogP contribution in [0.4, 0.5) is 0 Å². The molecule has 0 fully saturated rings. The summed E-state index contributed by atoms with van der Waals surface area (Å²) in [6.45, 7) is 6.40. The first-order chi connectivity index (χ1) is 11.4. The number of nitrogens with zero attached hydrogens (tertiary/aromatic N) is 1. The summed E-state index contributed by atoms with van der Waals surface area (Å²) < 4.78 is 5.46. The van der Waals surface area contributed by atoms with Crippen LogP contribution in [0.2, 0.25) is 5.02 Å². The lowest BCUT2D eigenvalue weighted by molar-refractivity contribution is 0.432. The van der Waals surface area contributed by atoms with Crippen LogP contribution in [-0.4, -0.2) is 4.98 Å². The predicted octanol–water partition coefficient (Wildman–Crippen LogP) is 5.19. The second-order valence-electron chi connectivity index (χ2n) is 6.57. The van der Waals surface area contributed by atoms with Crippen LogP contribution in [0, 0.1) is 5.92 Å². The fraction of sp³-hybridized carbons (Fsp3) is 0.300. The average molecular weight is 342 g/mol. The number of hydrogen-bond acceptors (Lipinski definition) is 3. The van der Waals surface area contributed by atoms with Crippen LogP contribution in [0.1, 0.15) is 43.7 Å². The second kappa shape index (κ2) is 6.78. The summed E-state index contributed by atoms with van der Waals surface area (Å²) in [5.41, 5.74) is 2.58. The molecule has 1 heterocycles. The van der Waals surface area contributed by atoms with Crippen molar-refractivity contribution in [3.63, 3.8) is 0 Å². The van der Waals surface area contributed by atoms with Crippen LogP contribution in [0.25, 0.3) is 10.9 Å². The molecule has 0 aliphatic rings. The Hall–Kier alpha value is -2.13. The molecule has 1 atom stereocenters. The van der Waals surface area contributed by atoms with E-state index in [1.165, 1.54) is 5.56 Å². The van der Waals surface area contributed by atoms with E-state index in [1.807, 2.05) is 19.1 Å². The highest BCUT2D eigenvalue weighted by atomic mass is 35.5. The Labute approximate surface area is 146 Å². The topological polar surface area (TPSA) is 43.1 Å². The number of aromatic nitrogens is 1. The molecule has 3 rings (SSSR count). The van der Waals surface area contributed by atoms with Crippen molar-refractivity contribution in [1.82, 2.24) is 4.98 Å². The third kappa shape index (κ3) is 3.51. The van der Waals surface area contributed by atoms with Crippen LogP contribution in [0.5, 0.6) is 0 Å². The van der Waals surface area contributed by atoms with E-state index < -0.39 is 5.63 Å². The number of fused-ring (bicyclic) bond motifs is 1. The smallest absolute Gasteiger partial charge is 0.346 e. The maximum absolute atomic E-state index is 12.2. The second-order valence-corrected chi connectivity index (χ2v) is 7.00. The van der Waals surface area contributed by atoms with Crippen molar-refractivity contribution < 1.29 is 4.42 Å². The third-order valence-electron chi connectivity index (χ3n) is 4.07. The van der Waals surface area contributed by atoms with Gasteiger partial charge in [0.25, 0.3) is 0 Å². The molecule has 0 saturated carbocycles. The van der Waals surface area contributed by atoms with Gasteiger partial charge in [-0.1, -0.05) is 49.7 Å². The van der Waals surface area contributed by atoms with Crippen LogP contribution in [0.15, 0.2) is 51.7 Å². The predicted molar refractivity (Wildman–Crippen MR) is 97.8 cm³/mol. The minimum Gasteiger partial charge on any atom is -0.407 e. The van der Waals surface area contributed by atoms with Gasteiger partial charge in [0.2, 0.25) is 5.89 Å². The standard InChI is InChI=1S/C20H20ClNO2/c1-12(2)9-14-5-4-6-15(10-14)13(3)19-22-18-8-7-16(21)11-17(18)20(23)24-19/h4-8,10-13H,9H2,1-3H3. The van der Waals surface area contributed by atoms with Crippen molar-refractivity contribution in [2.75, 3.05) is 0 Å². The van der Waals surface area contributed by atoms with Crippen LogP contribution in [-0.2, 0) is 6.42 Å². The molecule has 3 nitrogen and oxygen atoms in total. The molecule has 1 aromatic heterocycles. The van der Waals surface area contributed by atoms with Crippen molar-refractivity contribution in [2.24, 2.45) is 5.92 Å². The van der Waals surface area contributed by atoms with E-state index in [9.17, 15) is 4.79 Å². The molecule has 3 aromatic rings. The van der Waals surface area contributed by atoms with Gasteiger partial charge in [-0.15, -0.1) is 0 Å². The SMILES string of the molecule is CC(C)Cc1cccc(C(C)c2nc3ccc(Cl)cc3c(=O)o2)c1. The molecule has 1 unspecified atom stereocenters. The van der Waals surface area contributed by atoms with Crippen molar-refractivity contribution in [1.29, 1.82) is 0 Å². The van der Waals surface area contributed by atoms with E-state index in [2.05, 4.69) is 31.0 Å². The Bertz CT molecular complexity index is 930. The Balaban J connectivity index is 2.01. The Morgan fingerprint density at radius 1 is 1.12 bits per heavy atom. The average Bonchev–Trinajstić information content (AvgIpc) is 2.54. The van der Waals surface area contributed by atoms with Crippen molar-refractivity contribution in [3.05, 3.63) is 74.9 Å². The van der Waals surface area contributed by atoms with Gasteiger partial charge in [-0.2, -0.15) is 0 Å². The summed E-state index contributed by atoms with van der Waals surface area (Å²) in [5, 5.41) is 0.908. The number of hydrogen-bond donors (Lipinski definition) is 0. The van der Waals surface area contributed by atoms with Gasteiger partial charge >= 0.3 is 5.63 Å². The Kier molecular flexibility index (Phi) is 4.72. The van der Waals surface area contributed by atoms with Crippen molar-refractivity contribution >= 4 is 22.5 Å². The van der Waals surface area contributed by atoms with Gasteiger partial charge < -0.3 is 4.42 Å². The Morgan fingerprint density at radius 2 is 1.92 bits per heavy atom. The van der Waals surface area contributed by atoms with E-state index in [1.54, 1.807) is 18.2 Å². The number of benzene rings is 2. The monoisotopic (exact) mass is 341 g/mol. The normalized spacial score (nSPS) is 12.7. The van der Waals surface area contributed by atoms with Gasteiger partial charge in [0, 0.05) is 5.02 Å². The molecule has 0 bridgehead atoms. The highest BCUT2D eigenvalue weighted by Crippen LogP contribution is 2.25. The van der Waals surface area contributed by atoms with Gasteiger partial charge in [-0.3, -0.25) is 0 Å². The van der Waals surface area contributed by atoms with E-state index >= 15 is 0 Å². The molecule has 0 N–H and O–H groups in total. The highest BCUT2D eigenvalue weighted by molar-refractivity contribution is 6.31. The van der Waals surface area contributed by atoms with Crippen molar-refractivity contribution in [2.45, 2.75) is 33.1 Å². The molecule has 24 heavy (non-hydrogen) atoms. The van der Waals surface area contributed by atoms with Gasteiger partial charge in [0.05, 0.1) is 16.8 Å². The summed E-state index contributed by atoms with van der Waals surface area (Å²) in [4.78, 5) is 16.8. The molecule has 0 amide bonds. The van der Waals surface area contributed by atoms with Gasteiger partial charge in [0.1, 0.15) is 0 Å². The lowest BCUT2D eigenvalue weighted by atomic mass is 9.95. The van der Waals surface area contributed by atoms with E-state index in [4.69, 9.17) is 16.0 Å². The minimum absolute atomic E-state index is 0.0927. The van der Waals surface area contributed by atoms with Gasteiger partial charge in [-0.25, -0.2) is 9.78 Å². The highest BCUT2D eigenvalue weighted by Gasteiger charge is 2.16. The molecule has 0 spiro atoms. The summed E-state index contributed by atoms with van der Waals surface area (Å²) in [6, 6.07) is 13.5. The van der Waals surface area contributed by atoms with E-state index in [0.29, 0.717) is 27.7 Å². The van der Waals surface area contributed by atoms with Crippen LogP contribution in [0.3, 0.4) is 0 Å². The zero-order valence-corrected chi connectivity index (χ0v) is 14.8.